The molecule has 0 aliphatic carbocycles. The molecule has 0 N–H and O–H groups in total. The molecule has 1 aromatic heterocycles. The third-order valence-electron chi connectivity index (χ3n) is 2.06. The molecule has 0 aromatic carbocycles. The van der Waals surface area contributed by atoms with E-state index in [-0.39, 0.29) is 0 Å². The highest BCUT2D eigenvalue weighted by atomic mass is 16.5. The Labute approximate surface area is 90.5 Å². The smallest absolute Gasteiger partial charge is 0.157 e. The number of ether oxygens (including phenoxy) is 1. The quantitative estimate of drug-likeness (QED) is 0.673. The van der Waals surface area contributed by atoms with E-state index >= 15 is 0 Å². The fourth-order valence-corrected chi connectivity index (χ4v) is 1.17. The van der Waals surface area contributed by atoms with Gasteiger partial charge in [-0.3, -0.25) is 4.68 Å². The molecule has 0 fully saturated rings. The molecule has 0 aliphatic heterocycles. The lowest BCUT2D eigenvalue weighted by Gasteiger charge is -2.03. The van der Waals surface area contributed by atoms with E-state index in [1.165, 1.54) is 0 Å². The van der Waals surface area contributed by atoms with Gasteiger partial charge in [0.25, 0.3) is 0 Å². The summed E-state index contributed by atoms with van der Waals surface area (Å²) in [6.45, 7) is 4.80. The van der Waals surface area contributed by atoms with E-state index in [0.29, 0.717) is 19.1 Å². The van der Waals surface area contributed by atoms with Crippen molar-refractivity contribution in [2.75, 3.05) is 6.61 Å². The maximum atomic E-state index is 8.34. The summed E-state index contributed by atoms with van der Waals surface area (Å²) in [7, 11) is 0. The van der Waals surface area contributed by atoms with E-state index in [2.05, 4.69) is 25.0 Å². The first-order chi connectivity index (χ1) is 7.24. The zero-order chi connectivity index (χ0) is 11.1. The Bertz CT molecular complexity index is 325. The zero-order valence-electron chi connectivity index (χ0n) is 9.31. The van der Waals surface area contributed by atoms with Gasteiger partial charge in [0.2, 0.25) is 0 Å². The zero-order valence-corrected chi connectivity index (χ0v) is 9.31. The predicted octanol–water partition coefficient (Wildman–Crippen LogP) is 2.54. The first kappa shape index (κ1) is 11.6. The topological polar surface area (TPSA) is 50.8 Å². The Morgan fingerprint density at radius 1 is 1.53 bits per heavy atom. The first-order valence-corrected chi connectivity index (χ1v) is 5.28. The summed E-state index contributed by atoms with van der Waals surface area (Å²) >= 11 is 0. The summed E-state index contributed by atoms with van der Waals surface area (Å²) < 4.78 is 7.36. The lowest BCUT2D eigenvalue weighted by atomic mass is 10.3. The van der Waals surface area contributed by atoms with Crippen molar-refractivity contribution in [2.24, 2.45) is 0 Å². The predicted molar refractivity (Wildman–Crippen MR) is 57.6 cm³/mol. The third kappa shape index (κ3) is 4.03. The van der Waals surface area contributed by atoms with Gasteiger partial charge in [-0.25, -0.2) is 0 Å². The van der Waals surface area contributed by atoms with E-state index in [1.54, 1.807) is 6.20 Å². The second kappa shape index (κ2) is 6.07. The summed E-state index contributed by atoms with van der Waals surface area (Å²) in [4.78, 5) is 0. The Balaban J connectivity index is 2.23. The summed E-state index contributed by atoms with van der Waals surface area (Å²) in [5, 5.41) is 12.5. The maximum absolute atomic E-state index is 8.34. The number of nitrogens with zero attached hydrogens (tertiary/aromatic N) is 3. The van der Waals surface area contributed by atoms with Gasteiger partial charge in [0, 0.05) is 12.5 Å². The van der Waals surface area contributed by atoms with Gasteiger partial charge in [0.05, 0.1) is 25.1 Å². The number of aromatic nitrogens is 2. The summed E-state index contributed by atoms with van der Waals surface area (Å²) in [5.41, 5.74) is 0. The molecule has 0 radical (unpaired) electrons. The van der Waals surface area contributed by atoms with Crippen LogP contribution in [0.2, 0.25) is 0 Å². The number of unbranched alkanes of at least 4 members (excludes halogenated alkanes) is 2. The Morgan fingerprint density at radius 2 is 2.33 bits per heavy atom. The van der Waals surface area contributed by atoms with E-state index in [9.17, 15) is 0 Å². The van der Waals surface area contributed by atoms with Crippen molar-refractivity contribution in [3.05, 3.63) is 12.4 Å². The molecular weight excluding hydrogens is 190 g/mol. The summed E-state index contributed by atoms with van der Waals surface area (Å²) in [6, 6.07) is 2.48. The van der Waals surface area contributed by atoms with Crippen LogP contribution in [-0.4, -0.2) is 16.4 Å². The van der Waals surface area contributed by atoms with Crippen molar-refractivity contribution in [3.8, 4) is 11.8 Å². The lowest BCUT2D eigenvalue weighted by molar-refractivity contribution is 0.307. The molecule has 0 unspecified atom stereocenters. The highest BCUT2D eigenvalue weighted by molar-refractivity contribution is 5.11. The van der Waals surface area contributed by atoms with Crippen LogP contribution in [0.25, 0.3) is 0 Å². The molecule has 4 nitrogen and oxygen atoms in total. The van der Waals surface area contributed by atoms with Crippen molar-refractivity contribution >= 4 is 0 Å². The van der Waals surface area contributed by atoms with E-state index in [0.717, 1.165) is 18.6 Å². The van der Waals surface area contributed by atoms with Crippen LogP contribution < -0.4 is 4.74 Å². The molecule has 1 heterocycles. The van der Waals surface area contributed by atoms with Crippen LogP contribution in [0, 0.1) is 11.3 Å². The Morgan fingerprint density at radius 3 is 2.93 bits per heavy atom. The van der Waals surface area contributed by atoms with Crippen LogP contribution in [0.3, 0.4) is 0 Å². The van der Waals surface area contributed by atoms with Gasteiger partial charge in [-0.15, -0.1) is 0 Å². The highest BCUT2D eigenvalue weighted by Crippen LogP contribution is 2.12. The van der Waals surface area contributed by atoms with Crippen LogP contribution in [-0.2, 0) is 0 Å². The van der Waals surface area contributed by atoms with Gasteiger partial charge in [-0.1, -0.05) is 0 Å². The van der Waals surface area contributed by atoms with Crippen LogP contribution in [0.4, 0.5) is 0 Å². The monoisotopic (exact) mass is 207 g/mol. The normalized spacial score (nSPS) is 10.3. The molecule has 0 amide bonds. The van der Waals surface area contributed by atoms with Crippen molar-refractivity contribution in [3.63, 3.8) is 0 Å². The average molecular weight is 207 g/mol. The lowest BCUT2D eigenvalue weighted by Crippen LogP contribution is -2.00. The highest BCUT2D eigenvalue weighted by Gasteiger charge is 2.01. The molecule has 0 aliphatic rings. The van der Waals surface area contributed by atoms with Gasteiger partial charge >= 0.3 is 0 Å². The van der Waals surface area contributed by atoms with Gasteiger partial charge in [0.15, 0.2) is 5.75 Å². The third-order valence-corrected chi connectivity index (χ3v) is 2.06. The SMILES string of the molecule is CC(C)n1cc(OCCCCC#N)cn1. The molecule has 1 rings (SSSR count). The molecule has 0 atom stereocenters. The van der Waals surface area contributed by atoms with E-state index in [1.807, 2.05) is 10.9 Å². The van der Waals surface area contributed by atoms with Crippen molar-refractivity contribution in [1.82, 2.24) is 9.78 Å². The molecule has 0 bridgehead atoms. The van der Waals surface area contributed by atoms with Gasteiger partial charge in [-0.2, -0.15) is 10.4 Å². The van der Waals surface area contributed by atoms with Crippen LogP contribution >= 0.6 is 0 Å². The number of hydrogen-bond donors (Lipinski definition) is 0. The molecule has 0 saturated heterocycles. The minimum atomic E-state index is 0.362. The van der Waals surface area contributed by atoms with Crippen LogP contribution in [0.15, 0.2) is 12.4 Å². The Kier molecular flexibility index (Phi) is 4.69. The van der Waals surface area contributed by atoms with Gasteiger partial charge < -0.3 is 4.74 Å². The number of nitriles is 1. The number of rotatable bonds is 6. The average Bonchev–Trinajstić information content (AvgIpc) is 2.66. The van der Waals surface area contributed by atoms with Crippen LogP contribution in [0.5, 0.6) is 5.75 Å². The number of hydrogen-bond acceptors (Lipinski definition) is 3. The van der Waals surface area contributed by atoms with E-state index in [4.69, 9.17) is 10.00 Å². The molecular formula is C11H17N3O. The first-order valence-electron chi connectivity index (χ1n) is 5.28. The molecule has 1 aromatic rings. The van der Waals surface area contributed by atoms with E-state index < -0.39 is 0 Å². The minimum Gasteiger partial charge on any atom is -0.490 e. The molecule has 82 valence electrons. The standard InChI is InChI=1S/C11H17N3O/c1-10(2)14-9-11(8-13-14)15-7-5-3-4-6-12/h8-10H,3-5,7H2,1-2H3. The second-order valence-electron chi connectivity index (χ2n) is 3.71. The minimum absolute atomic E-state index is 0.362. The maximum Gasteiger partial charge on any atom is 0.157 e. The molecule has 0 saturated carbocycles. The summed E-state index contributed by atoms with van der Waals surface area (Å²) in [5.74, 6) is 0.806. The largest absolute Gasteiger partial charge is 0.490 e. The second-order valence-corrected chi connectivity index (χ2v) is 3.71. The molecule has 0 spiro atoms. The molecule has 15 heavy (non-hydrogen) atoms. The fraction of sp³-hybridized carbons (Fsp3) is 0.636. The van der Waals surface area contributed by atoms with Crippen LogP contribution in [0.1, 0.15) is 39.2 Å². The summed E-state index contributed by atoms with van der Waals surface area (Å²) in [6.07, 6.45) is 6.04. The molecule has 4 heteroatoms. The van der Waals surface area contributed by atoms with Crippen molar-refractivity contribution < 1.29 is 4.74 Å². The van der Waals surface area contributed by atoms with Crippen molar-refractivity contribution in [1.29, 1.82) is 5.26 Å². The van der Waals surface area contributed by atoms with Gasteiger partial charge in [0.1, 0.15) is 0 Å². The Hall–Kier alpha value is -1.50. The van der Waals surface area contributed by atoms with Crippen molar-refractivity contribution in [2.45, 2.75) is 39.2 Å². The van der Waals surface area contributed by atoms with Gasteiger partial charge in [-0.05, 0) is 26.7 Å². The fourth-order valence-electron chi connectivity index (χ4n) is 1.17.